The number of allylic oxidation sites excluding steroid dienone is 2. The predicted octanol–water partition coefficient (Wildman–Crippen LogP) is 1.40. The molecule has 2 heterocycles. The molecule has 5 rings (SSSR count). The summed E-state index contributed by atoms with van der Waals surface area (Å²) in [4.78, 5) is 35.6. The number of hydrogen-bond donors (Lipinski definition) is 2. The monoisotopic (exact) mass is 420 g/mol. The molecule has 0 radical (unpaired) electrons. The highest BCUT2D eigenvalue weighted by Gasteiger charge is 2.58. The van der Waals surface area contributed by atoms with Gasteiger partial charge < -0.3 is 15.2 Å². The van der Waals surface area contributed by atoms with Crippen LogP contribution in [-0.2, 0) is 16.1 Å². The summed E-state index contributed by atoms with van der Waals surface area (Å²) in [6, 6.07) is 8.11. The normalized spacial score (nSPS) is 26.9. The number of imide groups is 1. The maximum atomic E-state index is 12.7. The molecule has 162 valence electrons. The molecule has 2 amide bonds. The quantitative estimate of drug-likeness (QED) is 0.232. The lowest BCUT2D eigenvalue weighted by Crippen LogP contribution is -2.44. The molecule has 8 nitrogen and oxygen atoms in total. The Morgan fingerprint density at radius 3 is 2.52 bits per heavy atom. The molecule has 2 N–H and O–H groups in total. The topological polar surface area (TPSA) is 91.6 Å². The molecule has 31 heavy (non-hydrogen) atoms. The largest absolute Gasteiger partial charge is 0.356 e. The van der Waals surface area contributed by atoms with Crippen LogP contribution in [0.2, 0.25) is 0 Å². The van der Waals surface area contributed by atoms with Gasteiger partial charge in [0.25, 0.3) is 0 Å². The molecule has 8 heteroatoms. The number of rotatable bonds is 7. The summed E-state index contributed by atoms with van der Waals surface area (Å²) in [6.07, 6.45) is 8.00. The van der Waals surface area contributed by atoms with E-state index in [2.05, 4.69) is 43.4 Å². The average Bonchev–Trinajstić information content (AvgIpc) is 3.55. The van der Waals surface area contributed by atoms with Crippen LogP contribution >= 0.6 is 0 Å². The third-order valence-electron chi connectivity index (χ3n) is 6.81. The number of aryl methyl sites for hydroxylation is 1. The molecule has 1 saturated carbocycles. The van der Waals surface area contributed by atoms with Crippen molar-refractivity contribution < 1.29 is 9.59 Å². The molecule has 4 unspecified atom stereocenters. The van der Waals surface area contributed by atoms with Gasteiger partial charge in [0, 0.05) is 33.2 Å². The Morgan fingerprint density at radius 2 is 1.77 bits per heavy atom. The van der Waals surface area contributed by atoms with Gasteiger partial charge in [-0.1, -0.05) is 24.3 Å². The Kier molecular flexibility index (Phi) is 5.21. The van der Waals surface area contributed by atoms with Crippen molar-refractivity contribution in [3.8, 4) is 0 Å². The number of guanidine groups is 1. The number of carbonyl (C=O) groups is 2. The van der Waals surface area contributed by atoms with E-state index in [0.29, 0.717) is 19.0 Å². The number of hydrogen-bond acceptors (Lipinski definition) is 4. The van der Waals surface area contributed by atoms with Crippen LogP contribution in [0.3, 0.4) is 0 Å². The van der Waals surface area contributed by atoms with Gasteiger partial charge in [-0.05, 0) is 36.8 Å². The summed E-state index contributed by atoms with van der Waals surface area (Å²) in [5, 5.41) is 6.52. The minimum Gasteiger partial charge on any atom is -0.356 e. The second-order valence-corrected chi connectivity index (χ2v) is 8.53. The van der Waals surface area contributed by atoms with Crippen molar-refractivity contribution in [1.82, 2.24) is 25.1 Å². The fraction of sp³-hybridized carbons (Fsp3) is 0.478. The van der Waals surface area contributed by atoms with Gasteiger partial charge >= 0.3 is 0 Å². The molecule has 2 aromatic rings. The lowest BCUT2D eigenvalue weighted by molar-refractivity contribution is -0.140. The fourth-order valence-electron chi connectivity index (χ4n) is 5.34. The second kappa shape index (κ2) is 8.17. The zero-order valence-corrected chi connectivity index (χ0v) is 17.7. The number of nitrogens with zero attached hydrogens (tertiary/aromatic N) is 4. The fourth-order valence-corrected chi connectivity index (χ4v) is 5.34. The number of aliphatic imine (C=N–C) groups is 1. The molecular weight excluding hydrogens is 392 g/mol. The van der Waals surface area contributed by atoms with E-state index < -0.39 is 0 Å². The first-order chi connectivity index (χ1) is 15.2. The van der Waals surface area contributed by atoms with E-state index >= 15 is 0 Å². The van der Waals surface area contributed by atoms with E-state index in [9.17, 15) is 9.59 Å². The van der Waals surface area contributed by atoms with E-state index in [1.807, 2.05) is 24.5 Å². The maximum absolute atomic E-state index is 12.7. The number of likely N-dealkylation sites (tertiary alicyclic amines) is 1. The van der Waals surface area contributed by atoms with Gasteiger partial charge in [0.1, 0.15) is 0 Å². The van der Waals surface area contributed by atoms with E-state index in [1.165, 1.54) is 4.90 Å². The number of amides is 2. The molecule has 1 aromatic heterocycles. The third kappa shape index (κ3) is 3.49. The van der Waals surface area contributed by atoms with E-state index in [1.54, 1.807) is 7.05 Å². The number of imidazole rings is 1. The average molecular weight is 421 g/mol. The highest BCUT2D eigenvalue weighted by molar-refractivity contribution is 6.06. The predicted molar refractivity (Wildman–Crippen MR) is 118 cm³/mol. The molecular formula is C23H28N6O2. The van der Waals surface area contributed by atoms with Crippen molar-refractivity contribution >= 4 is 28.8 Å². The van der Waals surface area contributed by atoms with Gasteiger partial charge in [-0.2, -0.15) is 0 Å². The van der Waals surface area contributed by atoms with Crippen molar-refractivity contribution in [3.05, 3.63) is 42.7 Å². The molecule has 1 aliphatic heterocycles. The zero-order chi connectivity index (χ0) is 21.4. The zero-order valence-electron chi connectivity index (χ0n) is 17.7. The second-order valence-electron chi connectivity index (χ2n) is 8.53. The first-order valence-electron chi connectivity index (χ1n) is 11.1. The molecule has 4 atom stereocenters. The number of para-hydroxylation sites is 2. The number of fused-ring (bicyclic) bond motifs is 6. The summed E-state index contributed by atoms with van der Waals surface area (Å²) in [5.74, 6) is 0.945. The smallest absolute Gasteiger partial charge is 0.233 e. The van der Waals surface area contributed by atoms with Gasteiger partial charge in [0.05, 0.1) is 29.2 Å². The first-order valence-corrected chi connectivity index (χ1v) is 11.1. The van der Waals surface area contributed by atoms with Gasteiger partial charge in [-0.15, -0.1) is 0 Å². The SMILES string of the molecule is CN=C(NCCCn1cnc2ccccc21)NCCN1C(=O)C2C3C=CC(C3)C2C1=O. The molecule has 1 aromatic carbocycles. The summed E-state index contributed by atoms with van der Waals surface area (Å²) < 4.78 is 2.15. The van der Waals surface area contributed by atoms with Crippen molar-refractivity contribution in [2.24, 2.45) is 28.7 Å². The highest BCUT2D eigenvalue weighted by Crippen LogP contribution is 2.52. The van der Waals surface area contributed by atoms with Crippen LogP contribution in [0, 0.1) is 23.7 Å². The van der Waals surface area contributed by atoms with Crippen molar-refractivity contribution in [2.75, 3.05) is 26.7 Å². The molecule has 2 bridgehead atoms. The van der Waals surface area contributed by atoms with Crippen LogP contribution in [0.25, 0.3) is 11.0 Å². The highest BCUT2D eigenvalue weighted by atomic mass is 16.2. The van der Waals surface area contributed by atoms with Crippen LogP contribution in [-0.4, -0.2) is 58.9 Å². The number of nitrogens with one attached hydrogen (secondary N) is 2. The van der Waals surface area contributed by atoms with Crippen molar-refractivity contribution in [3.63, 3.8) is 0 Å². The van der Waals surface area contributed by atoms with E-state index in [0.717, 1.165) is 37.0 Å². The Hall–Kier alpha value is -3.16. The Labute approximate surface area is 181 Å². The van der Waals surface area contributed by atoms with Gasteiger partial charge in [0.15, 0.2) is 5.96 Å². The standard InChI is InChI=1S/C23H28N6O2/c1-24-23(25-9-4-11-28-14-27-17-5-2-3-6-18(17)28)26-10-12-29-21(30)19-15-7-8-16(13-15)20(19)22(29)31/h2-3,5-8,14-16,19-20H,4,9-13H2,1H3,(H2,24,25,26). The summed E-state index contributed by atoms with van der Waals surface area (Å²) in [6.45, 7) is 2.49. The number of aromatic nitrogens is 2. The Morgan fingerprint density at radius 1 is 1.06 bits per heavy atom. The van der Waals surface area contributed by atoms with Crippen molar-refractivity contribution in [1.29, 1.82) is 0 Å². The lowest BCUT2D eigenvalue weighted by atomic mass is 9.85. The number of carbonyl (C=O) groups excluding carboxylic acids is 2. The van der Waals surface area contributed by atoms with Crippen molar-refractivity contribution in [2.45, 2.75) is 19.4 Å². The molecule has 3 aliphatic rings. The maximum Gasteiger partial charge on any atom is 0.233 e. The minimum atomic E-state index is -0.126. The van der Waals surface area contributed by atoms with E-state index in [-0.39, 0.29) is 35.5 Å². The molecule has 1 saturated heterocycles. The van der Waals surface area contributed by atoms with Crippen LogP contribution in [0.4, 0.5) is 0 Å². The van der Waals surface area contributed by atoms with Gasteiger partial charge in [-0.25, -0.2) is 4.98 Å². The lowest BCUT2D eigenvalue weighted by Gasteiger charge is -2.18. The number of benzene rings is 1. The Bertz CT molecular complexity index is 1030. The molecule has 2 aliphatic carbocycles. The first kappa shape index (κ1) is 19.8. The van der Waals surface area contributed by atoms with Crippen LogP contribution in [0.1, 0.15) is 12.8 Å². The van der Waals surface area contributed by atoms with Crippen LogP contribution in [0.5, 0.6) is 0 Å². The molecule has 2 fully saturated rings. The third-order valence-corrected chi connectivity index (χ3v) is 6.81. The minimum absolute atomic E-state index is 0.00385. The van der Waals surface area contributed by atoms with Gasteiger partial charge in [-0.3, -0.25) is 19.5 Å². The summed E-state index contributed by atoms with van der Waals surface area (Å²) >= 11 is 0. The Balaban J connectivity index is 1.06. The molecule has 0 spiro atoms. The summed E-state index contributed by atoms with van der Waals surface area (Å²) in [7, 11) is 1.72. The van der Waals surface area contributed by atoms with Crippen LogP contribution < -0.4 is 10.6 Å². The van der Waals surface area contributed by atoms with Gasteiger partial charge in [0.2, 0.25) is 11.8 Å². The van der Waals surface area contributed by atoms with E-state index in [4.69, 9.17) is 0 Å². The summed E-state index contributed by atoms with van der Waals surface area (Å²) in [5.41, 5.74) is 2.14. The van der Waals surface area contributed by atoms with Crippen LogP contribution in [0.15, 0.2) is 47.7 Å².